The van der Waals surface area contributed by atoms with E-state index in [-0.39, 0.29) is 12.5 Å². The number of nitrogens with zero attached hydrogens (tertiary/aromatic N) is 3. The van der Waals surface area contributed by atoms with E-state index in [1.165, 1.54) is 6.42 Å². The van der Waals surface area contributed by atoms with E-state index in [1.807, 2.05) is 30.0 Å². The number of amides is 1. The van der Waals surface area contributed by atoms with Crippen molar-refractivity contribution in [3.05, 3.63) is 40.7 Å². The molecule has 1 amide bonds. The number of hydrogen-bond acceptors (Lipinski definition) is 6. The number of hydrogen-bond donors (Lipinski definition) is 0. The molecular weight excluding hydrogens is 350 g/mol. The second-order valence-corrected chi connectivity index (χ2v) is 8.35. The van der Waals surface area contributed by atoms with Gasteiger partial charge in [-0.05, 0) is 44.2 Å². The summed E-state index contributed by atoms with van der Waals surface area (Å²) in [7, 11) is 0. The predicted molar refractivity (Wildman–Crippen MR) is 97.4 cm³/mol. The molecule has 1 aromatic carbocycles. The van der Waals surface area contributed by atoms with E-state index in [2.05, 4.69) is 10.1 Å². The van der Waals surface area contributed by atoms with E-state index in [4.69, 9.17) is 9.26 Å². The molecule has 2 aliphatic rings. The molecule has 134 valence electrons. The van der Waals surface area contributed by atoms with Crippen molar-refractivity contribution in [2.45, 2.75) is 38.8 Å². The molecule has 3 heterocycles. The van der Waals surface area contributed by atoms with Gasteiger partial charge in [-0.25, -0.2) is 4.98 Å². The molecule has 1 aliphatic heterocycles. The Morgan fingerprint density at radius 1 is 1.38 bits per heavy atom. The third-order valence-electron chi connectivity index (χ3n) is 5.30. The first-order valence-corrected chi connectivity index (χ1v) is 9.74. The van der Waals surface area contributed by atoms with Crippen LogP contribution in [0.5, 0.6) is 5.75 Å². The van der Waals surface area contributed by atoms with Crippen molar-refractivity contribution in [2.24, 2.45) is 5.92 Å². The summed E-state index contributed by atoms with van der Waals surface area (Å²) < 4.78 is 12.2. The van der Waals surface area contributed by atoms with Crippen LogP contribution in [0, 0.1) is 12.8 Å². The Morgan fingerprint density at radius 2 is 2.31 bits per heavy atom. The molecular formula is C19H19N3O3S. The Hall–Kier alpha value is -2.41. The van der Waals surface area contributed by atoms with Crippen LogP contribution < -0.4 is 4.74 Å². The summed E-state index contributed by atoms with van der Waals surface area (Å²) in [5.74, 6) is 1.92. The highest BCUT2D eigenvalue weighted by Crippen LogP contribution is 2.38. The Labute approximate surface area is 154 Å². The van der Waals surface area contributed by atoms with Crippen LogP contribution in [-0.2, 0) is 6.61 Å². The SMILES string of the molecule is Cc1nc2cc(OCc3cc(C(=O)N4C[C@H]5CC[C@H]4C5)no3)ccc2s1. The average molecular weight is 369 g/mol. The number of aryl methyl sites for hydroxylation is 1. The Kier molecular flexibility index (Phi) is 3.70. The van der Waals surface area contributed by atoms with Gasteiger partial charge in [0.05, 0.1) is 15.2 Å². The number of benzene rings is 1. The lowest BCUT2D eigenvalue weighted by molar-refractivity contribution is 0.0692. The van der Waals surface area contributed by atoms with Gasteiger partial charge in [0.25, 0.3) is 5.91 Å². The molecule has 0 unspecified atom stereocenters. The van der Waals surface area contributed by atoms with Crippen LogP contribution in [0.4, 0.5) is 0 Å². The lowest BCUT2D eigenvalue weighted by Gasteiger charge is -2.25. The fourth-order valence-corrected chi connectivity index (χ4v) is 4.88. The van der Waals surface area contributed by atoms with Gasteiger partial charge in [-0.15, -0.1) is 11.3 Å². The molecule has 1 aliphatic carbocycles. The molecule has 5 rings (SSSR count). The summed E-state index contributed by atoms with van der Waals surface area (Å²) in [5.41, 5.74) is 1.31. The van der Waals surface area contributed by atoms with Gasteiger partial charge in [0.15, 0.2) is 11.5 Å². The lowest BCUT2D eigenvalue weighted by atomic mass is 10.1. The number of rotatable bonds is 4. The van der Waals surface area contributed by atoms with Crippen LogP contribution in [0.3, 0.4) is 0 Å². The van der Waals surface area contributed by atoms with Gasteiger partial charge in [0, 0.05) is 24.7 Å². The molecule has 0 spiro atoms. The molecule has 2 aromatic heterocycles. The molecule has 0 radical (unpaired) electrons. The maximum Gasteiger partial charge on any atom is 0.276 e. The van der Waals surface area contributed by atoms with Crippen LogP contribution in [-0.4, -0.2) is 33.5 Å². The van der Waals surface area contributed by atoms with E-state index in [0.717, 1.165) is 40.4 Å². The van der Waals surface area contributed by atoms with Crippen molar-refractivity contribution < 1.29 is 14.1 Å². The maximum atomic E-state index is 12.6. The maximum absolute atomic E-state index is 12.6. The summed E-state index contributed by atoms with van der Waals surface area (Å²) in [6.45, 7) is 3.08. The van der Waals surface area contributed by atoms with E-state index < -0.39 is 0 Å². The number of thiazole rings is 1. The minimum Gasteiger partial charge on any atom is -0.485 e. The number of aromatic nitrogens is 2. The van der Waals surface area contributed by atoms with Crippen molar-refractivity contribution in [3.8, 4) is 5.75 Å². The molecule has 0 N–H and O–H groups in total. The largest absolute Gasteiger partial charge is 0.485 e. The van der Waals surface area contributed by atoms with Crippen LogP contribution in [0.1, 0.15) is 40.5 Å². The summed E-state index contributed by atoms with van der Waals surface area (Å²) in [6, 6.07) is 7.93. The first kappa shape index (κ1) is 15.8. The molecule has 1 saturated carbocycles. The average Bonchev–Trinajstić information content (AvgIpc) is 3.41. The second kappa shape index (κ2) is 6.09. The molecule has 7 heteroatoms. The second-order valence-electron chi connectivity index (χ2n) is 7.12. The fourth-order valence-electron chi connectivity index (χ4n) is 4.07. The number of carbonyl (C=O) groups excluding carboxylic acids is 1. The third kappa shape index (κ3) is 2.76. The Morgan fingerprint density at radius 3 is 3.12 bits per heavy atom. The first-order chi connectivity index (χ1) is 12.7. The van der Waals surface area contributed by atoms with Crippen molar-refractivity contribution in [2.75, 3.05) is 6.54 Å². The highest BCUT2D eigenvalue weighted by atomic mass is 32.1. The Balaban J connectivity index is 1.25. The van der Waals surface area contributed by atoms with E-state index >= 15 is 0 Å². The molecule has 3 aromatic rings. The van der Waals surface area contributed by atoms with Crippen molar-refractivity contribution >= 4 is 27.5 Å². The molecule has 2 fully saturated rings. The minimum absolute atomic E-state index is 0.0217. The third-order valence-corrected chi connectivity index (χ3v) is 6.25. The number of piperidine rings is 1. The fraction of sp³-hybridized carbons (Fsp3) is 0.421. The molecule has 26 heavy (non-hydrogen) atoms. The summed E-state index contributed by atoms with van der Waals surface area (Å²) in [4.78, 5) is 19.1. The van der Waals surface area contributed by atoms with Crippen molar-refractivity contribution in [1.82, 2.24) is 15.0 Å². The van der Waals surface area contributed by atoms with Gasteiger partial charge < -0.3 is 14.2 Å². The molecule has 6 nitrogen and oxygen atoms in total. The van der Waals surface area contributed by atoms with Gasteiger partial charge >= 0.3 is 0 Å². The van der Waals surface area contributed by atoms with Crippen LogP contribution in [0.15, 0.2) is 28.8 Å². The number of ether oxygens (including phenoxy) is 1. The predicted octanol–water partition coefficient (Wildman–Crippen LogP) is 3.80. The quantitative estimate of drug-likeness (QED) is 0.700. The summed E-state index contributed by atoms with van der Waals surface area (Å²) in [5, 5.41) is 4.99. The topological polar surface area (TPSA) is 68.5 Å². The normalized spacial score (nSPS) is 21.7. The Bertz CT molecular complexity index is 979. The smallest absolute Gasteiger partial charge is 0.276 e. The monoisotopic (exact) mass is 369 g/mol. The van der Waals surface area contributed by atoms with Gasteiger partial charge in [-0.1, -0.05) is 5.16 Å². The zero-order chi connectivity index (χ0) is 17.7. The number of carbonyl (C=O) groups is 1. The van der Waals surface area contributed by atoms with E-state index in [1.54, 1.807) is 17.4 Å². The van der Waals surface area contributed by atoms with Crippen molar-refractivity contribution in [3.63, 3.8) is 0 Å². The van der Waals surface area contributed by atoms with Crippen molar-refractivity contribution in [1.29, 1.82) is 0 Å². The van der Waals surface area contributed by atoms with Gasteiger partial charge in [-0.3, -0.25) is 4.79 Å². The van der Waals surface area contributed by atoms with E-state index in [0.29, 0.717) is 23.4 Å². The number of likely N-dealkylation sites (tertiary alicyclic amines) is 1. The van der Waals surface area contributed by atoms with E-state index in [9.17, 15) is 4.79 Å². The van der Waals surface area contributed by atoms with Crippen LogP contribution in [0.25, 0.3) is 10.2 Å². The highest BCUT2D eigenvalue weighted by Gasteiger charge is 2.41. The standard InChI is InChI=1S/C19H19N3O3S/c1-11-20-16-7-14(4-5-18(16)26-11)24-10-15-8-17(21-25-15)19(23)22-9-12-2-3-13(22)6-12/h4-5,7-8,12-13H,2-3,6,9-10H2,1H3/t12-,13-/m0/s1. The van der Waals surface area contributed by atoms with Crippen LogP contribution >= 0.6 is 11.3 Å². The number of fused-ring (bicyclic) bond motifs is 3. The van der Waals surface area contributed by atoms with Crippen LogP contribution in [0.2, 0.25) is 0 Å². The molecule has 2 atom stereocenters. The highest BCUT2D eigenvalue weighted by molar-refractivity contribution is 7.18. The lowest BCUT2D eigenvalue weighted by Crippen LogP contribution is -2.37. The molecule has 1 saturated heterocycles. The zero-order valence-electron chi connectivity index (χ0n) is 14.5. The summed E-state index contributed by atoms with van der Waals surface area (Å²) >= 11 is 1.66. The summed E-state index contributed by atoms with van der Waals surface area (Å²) in [6.07, 6.45) is 3.50. The minimum atomic E-state index is -0.0217. The zero-order valence-corrected chi connectivity index (χ0v) is 15.3. The first-order valence-electron chi connectivity index (χ1n) is 8.92. The molecule has 2 bridgehead atoms. The van der Waals surface area contributed by atoms with Gasteiger partial charge in [0.1, 0.15) is 12.4 Å². The van der Waals surface area contributed by atoms with Gasteiger partial charge in [-0.2, -0.15) is 0 Å². The van der Waals surface area contributed by atoms with Gasteiger partial charge in [0.2, 0.25) is 0 Å².